The van der Waals surface area contributed by atoms with Crippen LogP contribution in [0.15, 0.2) is 200 Å². The molecule has 2 heteroatoms. The topological polar surface area (TPSA) is 3.24 Å². The highest BCUT2D eigenvalue weighted by Gasteiger charge is 2.51. The summed E-state index contributed by atoms with van der Waals surface area (Å²) in [5.74, 6) is 0. The number of thiophene rings is 1. The molecule has 1 nitrogen and oxygen atoms in total. The van der Waals surface area contributed by atoms with Crippen LogP contribution in [0.5, 0.6) is 0 Å². The first-order valence-corrected chi connectivity index (χ1v) is 19.8. The number of hydrogen-bond donors (Lipinski definition) is 0. The molecule has 0 fully saturated rings. The normalized spacial score (nSPS) is 15.0. The van der Waals surface area contributed by atoms with E-state index >= 15 is 0 Å². The lowest BCUT2D eigenvalue weighted by Crippen LogP contribution is -2.32. The van der Waals surface area contributed by atoms with Gasteiger partial charge >= 0.3 is 0 Å². The molecule has 2 aliphatic carbocycles. The molecule has 10 aromatic rings. The fourth-order valence-electron chi connectivity index (χ4n) is 9.88. The van der Waals surface area contributed by atoms with Crippen molar-refractivity contribution in [2.45, 2.75) is 5.41 Å². The summed E-state index contributed by atoms with van der Waals surface area (Å²) in [4.78, 5) is 2.45. The first-order chi connectivity index (χ1) is 27.3. The number of para-hydroxylation sites is 1. The maximum absolute atomic E-state index is 2.51. The van der Waals surface area contributed by atoms with Gasteiger partial charge in [-0.3, -0.25) is 0 Å². The van der Waals surface area contributed by atoms with E-state index in [0.29, 0.717) is 0 Å². The molecule has 0 aliphatic heterocycles. The summed E-state index contributed by atoms with van der Waals surface area (Å²) in [6.45, 7) is 0. The second-order valence-electron chi connectivity index (χ2n) is 14.8. The molecule has 55 heavy (non-hydrogen) atoms. The minimum atomic E-state index is -0.534. The van der Waals surface area contributed by atoms with Crippen LogP contribution in [0.1, 0.15) is 22.3 Å². The van der Waals surface area contributed by atoms with Crippen molar-refractivity contribution in [3.63, 3.8) is 0 Å². The Morgan fingerprint density at radius 2 is 1.00 bits per heavy atom. The third-order valence-electron chi connectivity index (χ3n) is 12.1. The molecule has 9 aromatic carbocycles. The zero-order valence-corrected chi connectivity index (χ0v) is 30.7. The van der Waals surface area contributed by atoms with Crippen molar-refractivity contribution in [1.29, 1.82) is 0 Å². The molecule has 0 bridgehead atoms. The van der Waals surface area contributed by atoms with Gasteiger partial charge in [0.1, 0.15) is 0 Å². The fourth-order valence-corrected chi connectivity index (χ4v) is 11.0. The number of rotatable bonds is 4. The lowest BCUT2D eigenvalue weighted by Gasteiger charge is -2.40. The van der Waals surface area contributed by atoms with Crippen molar-refractivity contribution in [2.75, 3.05) is 4.90 Å². The maximum atomic E-state index is 2.51. The van der Waals surface area contributed by atoms with Crippen LogP contribution in [0.3, 0.4) is 0 Å². The largest absolute Gasteiger partial charge is 0.310 e. The van der Waals surface area contributed by atoms with Gasteiger partial charge in [0.05, 0.1) is 5.41 Å². The summed E-state index contributed by atoms with van der Waals surface area (Å²) in [6, 6.07) is 74.6. The van der Waals surface area contributed by atoms with E-state index in [2.05, 4.69) is 205 Å². The third kappa shape index (κ3) is 4.23. The quantitative estimate of drug-likeness (QED) is 0.175. The Labute approximate surface area is 324 Å². The van der Waals surface area contributed by atoms with E-state index in [1.54, 1.807) is 0 Å². The van der Waals surface area contributed by atoms with E-state index in [0.717, 1.165) is 17.1 Å². The van der Waals surface area contributed by atoms with Gasteiger partial charge in [-0.2, -0.15) is 0 Å². The predicted molar refractivity (Wildman–Crippen MR) is 233 cm³/mol. The van der Waals surface area contributed by atoms with Gasteiger partial charge in [0.25, 0.3) is 0 Å². The van der Waals surface area contributed by atoms with E-state index in [1.165, 1.54) is 86.6 Å². The summed E-state index contributed by atoms with van der Waals surface area (Å²) in [5, 5.41) is 5.24. The molecule has 0 saturated heterocycles. The van der Waals surface area contributed by atoms with Crippen molar-refractivity contribution in [1.82, 2.24) is 0 Å². The molecule has 1 aromatic heterocycles. The Balaban J connectivity index is 1.19. The molecule has 1 heterocycles. The lowest BCUT2D eigenvalue weighted by molar-refractivity contribution is 0.773. The minimum Gasteiger partial charge on any atom is -0.310 e. The third-order valence-corrected chi connectivity index (χ3v) is 13.2. The van der Waals surface area contributed by atoms with Crippen molar-refractivity contribution >= 4 is 59.3 Å². The summed E-state index contributed by atoms with van der Waals surface area (Å²) >= 11 is 1.87. The maximum Gasteiger partial charge on any atom is 0.0726 e. The summed E-state index contributed by atoms with van der Waals surface area (Å²) in [7, 11) is 0. The Morgan fingerprint density at radius 1 is 0.364 bits per heavy atom. The van der Waals surface area contributed by atoms with Gasteiger partial charge in [-0.15, -0.1) is 11.3 Å². The number of hydrogen-bond acceptors (Lipinski definition) is 2. The molecule has 12 rings (SSSR count). The highest BCUT2D eigenvalue weighted by atomic mass is 32.1. The highest BCUT2D eigenvalue weighted by Crippen LogP contribution is 2.63. The first kappa shape index (κ1) is 30.7. The van der Waals surface area contributed by atoms with Gasteiger partial charge in [0.15, 0.2) is 0 Å². The molecule has 0 amide bonds. The minimum absolute atomic E-state index is 0.534. The lowest BCUT2D eigenvalue weighted by atomic mass is 9.61. The van der Waals surface area contributed by atoms with Crippen LogP contribution in [0, 0.1) is 0 Å². The summed E-state index contributed by atoms with van der Waals surface area (Å²) in [6.07, 6.45) is 0. The second kappa shape index (κ2) is 11.6. The highest BCUT2D eigenvalue weighted by molar-refractivity contribution is 7.25. The average Bonchev–Trinajstić information content (AvgIpc) is 3.77. The van der Waals surface area contributed by atoms with Gasteiger partial charge in [0.2, 0.25) is 0 Å². The SMILES string of the molecule is c1ccc(-c2cccc3c2-c2ccc(N(c4ccccc4)c4ccc5c(c4)sc4ccccc45)cc2C32c3ccccc3-c3cccc4cccc2c34)cc1. The smallest absolute Gasteiger partial charge is 0.0726 e. The van der Waals surface area contributed by atoms with Crippen LogP contribution in [0.25, 0.3) is 64.3 Å². The monoisotopic (exact) mass is 715 g/mol. The van der Waals surface area contributed by atoms with Crippen LogP contribution in [-0.2, 0) is 5.41 Å². The molecule has 0 saturated carbocycles. The van der Waals surface area contributed by atoms with Gasteiger partial charge in [-0.25, -0.2) is 0 Å². The predicted octanol–water partition coefficient (Wildman–Crippen LogP) is 14.7. The number of anilines is 3. The molecule has 2 aliphatic rings. The molecule has 0 radical (unpaired) electrons. The Morgan fingerprint density at radius 3 is 1.89 bits per heavy atom. The van der Waals surface area contributed by atoms with Gasteiger partial charge < -0.3 is 4.90 Å². The molecule has 1 spiro atoms. The number of fused-ring (bicyclic) bond motifs is 12. The molecule has 256 valence electrons. The van der Waals surface area contributed by atoms with Crippen LogP contribution in [0.2, 0.25) is 0 Å². The van der Waals surface area contributed by atoms with E-state index in [-0.39, 0.29) is 0 Å². The zero-order valence-electron chi connectivity index (χ0n) is 29.9. The van der Waals surface area contributed by atoms with Crippen molar-refractivity contribution < 1.29 is 0 Å². The van der Waals surface area contributed by atoms with Crippen LogP contribution in [-0.4, -0.2) is 0 Å². The average molecular weight is 716 g/mol. The van der Waals surface area contributed by atoms with E-state index in [4.69, 9.17) is 0 Å². The van der Waals surface area contributed by atoms with Crippen molar-refractivity contribution in [2.24, 2.45) is 0 Å². The molecule has 1 unspecified atom stereocenters. The molecular formula is C53H33NS. The van der Waals surface area contributed by atoms with Crippen LogP contribution in [0.4, 0.5) is 17.1 Å². The number of benzene rings is 9. The van der Waals surface area contributed by atoms with E-state index < -0.39 is 5.41 Å². The standard InChI is InChI=1S/C53H33NS/c1-3-14-34(15-4-1)39-22-13-26-47-52(39)44-31-29-37(54(36-18-5-2-6-19-36)38-28-30-42-41-21-8-10-27-49(41)55-50(42)33-38)32-48(44)53(47)45-24-9-7-20-40(45)43-23-11-16-35-17-12-25-46(53)51(35)43/h1-33H. The zero-order chi connectivity index (χ0) is 36.1. The molecule has 1 atom stereocenters. The molecular weight excluding hydrogens is 683 g/mol. The van der Waals surface area contributed by atoms with Crippen molar-refractivity contribution in [3.8, 4) is 33.4 Å². The second-order valence-corrected chi connectivity index (χ2v) is 15.9. The van der Waals surface area contributed by atoms with Gasteiger partial charge in [-0.05, 0) is 109 Å². The van der Waals surface area contributed by atoms with E-state index in [1.807, 2.05) is 11.3 Å². The number of nitrogens with zero attached hydrogens (tertiary/aromatic N) is 1. The van der Waals surface area contributed by atoms with E-state index in [9.17, 15) is 0 Å². The Bertz CT molecular complexity index is 3150. The first-order valence-electron chi connectivity index (χ1n) is 19.0. The van der Waals surface area contributed by atoms with Gasteiger partial charge in [-0.1, -0.05) is 158 Å². The summed E-state index contributed by atoms with van der Waals surface area (Å²) < 4.78 is 2.61. The van der Waals surface area contributed by atoms with Crippen LogP contribution >= 0.6 is 11.3 Å². The van der Waals surface area contributed by atoms with Crippen LogP contribution < -0.4 is 4.90 Å². The Kier molecular flexibility index (Phi) is 6.49. The summed E-state index contributed by atoms with van der Waals surface area (Å²) in [5.41, 5.74) is 16.0. The Hall–Kier alpha value is -6.74. The van der Waals surface area contributed by atoms with Crippen molar-refractivity contribution in [3.05, 3.63) is 222 Å². The fraction of sp³-hybridized carbons (Fsp3) is 0.0189. The van der Waals surface area contributed by atoms with Gasteiger partial charge in [0, 0.05) is 37.2 Å². The molecule has 0 N–H and O–H groups in total.